The van der Waals surface area contributed by atoms with Crippen LogP contribution in [0.5, 0.6) is 0 Å². The Hall–Kier alpha value is -4.51. The normalized spacial score (nSPS) is 11.2. The van der Waals surface area contributed by atoms with Crippen LogP contribution in [-0.2, 0) is 5.54 Å². The van der Waals surface area contributed by atoms with Crippen molar-refractivity contribution in [3.8, 4) is 0 Å². The van der Waals surface area contributed by atoms with Gasteiger partial charge in [-0.3, -0.25) is 9.36 Å². The average Bonchev–Trinajstić information content (AvgIpc) is 3.29. The van der Waals surface area contributed by atoms with Gasteiger partial charge < -0.3 is 5.32 Å². The fourth-order valence-corrected chi connectivity index (χ4v) is 4.37. The van der Waals surface area contributed by atoms with Gasteiger partial charge in [-0.05, 0) is 28.8 Å². The predicted molar refractivity (Wildman–Crippen MR) is 131 cm³/mol. The van der Waals surface area contributed by atoms with E-state index in [1.54, 1.807) is 12.1 Å². The first-order valence-corrected chi connectivity index (χ1v) is 11.0. The summed E-state index contributed by atoms with van der Waals surface area (Å²) in [6.07, 6.45) is 0.732. The van der Waals surface area contributed by atoms with E-state index in [0.717, 1.165) is 16.7 Å². The van der Waals surface area contributed by atoms with E-state index < -0.39 is 17.5 Å². The highest BCUT2D eigenvalue weighted by atomic mass is 19.1. The van der Waals surface area contributed by atoms with E-state index >= 15 is 4.39 Å². The summed E-state index contributed by atoms with van der Waals surface area (Å²) < 4.78 is 17.2. The van der Waals surface area contributed by atoms with Crippen LogP contribution >= 0.6 is 0 Å². The molecule has 1 amide bonds. The monoisotopic (exact) mass is 447 g/mol. The van der Waals surface area contributed by atoms with Crippen molar-refractivity contribution in [2.75, 3.05) is 5.32 Å². The summed E-state index contributed by atoms with van der Waals surface area (Å²) in [7, 11) is 0. The molecule has 5 heteroatoms. The van der Waals surface area contributed by atoms with Crippen LogP contribution < -0.4 is 5.32 Å². The van der Waals surface area contributed by atoms with E-state index in [9.17, 15) is 4.79 Å². The fraction of sp³-hybridized carbons (Fsp3) is 0.0345. The SMILES string of the molecule is O=C(Nc1ccccc1)c1cn(C(c2ccccc2)(c2ccccc2)c2ccccc2)c(F)n1. The zero-order chi connectivity index (χ0) is 23.4. The van der Waals surface area contributed by atoms with Crippen molar-refractivity contribution in [2.45, 2.75) is 5.54 Å². The van der Waals surface area contributed by atoms with Crippen LogP contribution in [0.15, 0.2) is 128 Å². The van der Waals surface area contributed by atoms with Crippen molar-refractivity contribution < 1.29 is 9.18 Å². The van der Waals surface area contributed by atoms with Crippen LogP contribution in [0.3, 0.4) is 0 Å². The van der Waals surface area contributed by atoms with E-state index in [0.29, 0.717) is 5.69 Å². The topological polar surface area (TPSA) is 46.9 Å². The van der Waals surface area contributed by atoms with E-state index in [1.165, 1.54) is 10.8 Å². The predicted octanol–water partition coefficient (Wildman–Crippen LogP) is 6.11. The maximum Gasteiger partial charge on any atom is 0.291 e. The quantitative estimate of drug-likeness (QED) is 0.319. The molecule has 0 aliphatic rings. The van der Waals surface area contributed by atoms with E-state index in [2.05, 4.69) is 10.3 Å². The molecular weight excluding hydrogens is 425 g/mol. The minimum absolute atomic E-state index is 0.00600. The second kappa shape index (κ2) is 9.16. The Morgan fingerprint density at radius 3 is 1.53 bits per heavy atom. The fourth-order valence-electron chi connectivity index (χ4n) is 4.37. The van der Waals surface area contributed by atoms with Crippen molar-refractivity contribution >= 4 is 11.6 Å². The maximum atomic E-state index is 15.7. The van der Waals surface area contributed by atoms with Crippen LogP contribution in [0.2, 0.25) is 0 Å². The van der Waals surface area contributed by atoms with Crippen molar-refractivity contribution in [1.82, 2.24) is 9.55 Å². The number of halogens is 1. The molecule has 1 aromatic heterocycles. The number of anilines is 1. The number of hydrogen-bond donors (Lipinski definition) is 1. The summed E-state index contributed by atoms with van der Waals surface area (Å²) in [4.78, 5) is 17.0. The number of nitrogens with one attached hydrogen (secondary N) is 1. The largest absolute Gasteiger partial charge is 0.321 e. The first kappa shape index (κ1) is 21.3. The number of amides is 1. The Morgan fingerprint density at radius 1 is 0.676 bits per heavy atom. The minimum Gasteiger partial charge on any atom is -0.321 e. The average molecular weight is 448 g/mol. The summed E-state index contributed by atoms with van der Waals surface area (Å²) in [6.45, 7) is 0. The Morgan fingerprint density at radius 2 is 1.09 bits per heavy atom. The summed E-state index contributed by atoms with van der Waals surface area (Å²) in [5.74, 6) is -0.480. The molecule has 0 saturated carbocycles. The Bertz CT molecular complexity index is 1290. The Labute approximate surface area is 197 Å². The molecule has 5 rings (SSSR count). The molecule has 0 aliphatic heterocycles. The highest BCUT2D eigenvalue weighted by Gasteiger charge is 2.40. The molecule has 4 aromatic carbocycles. The molecule has 34 heavy (non-hydrogen) atoms. The molecule has 0 unspecified atom stereocenters. The standard InChI is InChI=1S/C29H22FN3O/c30-28-32-26(27(34)31-25-19-11-4-12-20-25)21-33(28)29(22-13-5-1-6-14-22,23-15-7-2-8-16-23)24-17-9-3-10-18-24/h1-21H,(H,31,34). The zero-order valence-electron chi connectivity index (χ0n) is 18.3. The highest BCUT2D eigenvalue weighted by Crippen LogP contribution is 2.41. The third-order valence-electron chi connectivity index (χ3n) is 5.86. The van der Waals surface area contributed by atoms with Crippen LogP contribution in [0, 0.1) is 6.08 Å². The van der Waals surface area contributed by atoms with Gasteiger partial charge in [-0.25, -0.2) is 0 Å². The number of nitrogens with zero attached hydrogens (tertiary/aromatic N) is 2. The first-order valence-electron chi connectivity index (χ1n) is 11.0. The number of para-hydroxylation sites is 1. The van der Waals surface area contributed by atoms with Crippen LogP contribution in [0.4, 0.5) is 10.1 Å². The van der Waals surface area contributed by atoms with Crippen molar-refractivity contribution in [3.05, 3.63) is 156 Å². The smallest absolute Gasteiger partial charge is 0.291 e. The number of imidazole rings is 1. The Kier molecular flexibility index (Phi) is 5.75. The lowest BCUT2D eigenvalue weighted by atomic mass is 9.76. The summed E-state index contributed by atoms with van der Waals surface area (Å²) in [5, 5.41) is 2.79. The van der Waals surface area contributed by atoms with Gasteiger partial charge in [-0.1, -0.05) is 109 Å². The molecule has 0 atom stereocenters. The molecular formula is C29H22FN3O. The number of hydrogen-bond acceptors (Lipinski definition) is 2. The van der Waals surface area contributed by atoms with Gasteiger partial charge in [0.05, 0.1) is 0 Å². The Balaban J connectivity index is 1.73. The molecule has 5 aromatic rings. The minimum atomic E-state index is -1.08. The second-order valence-electron chi connectivity index (χ2n) is 7.89. The van der Waals surface area contributed by atoms with Crippen LogP contribution in [-0.4, -0.2) is 15.5 Å². The second-order valence-corrected chi connectivity index (χ2v) is 7.89. The molecule has 4 nitrogen and oxygen atoms in total. The summed E-state index contributed by atoms with van der Waals surface area (Å²) >= 11 is 0. The molecule has 0 fully saturated rings. The molecule has 0 bridgehead atoms. The molecule has 0 saturated heterocycles. The molecule has 0 spiro atoms. The lowest BCUT2D eigenvalue weighted by Crippen LogP contribution is -2.38. The number of benzene rings is 4. The first-order chi connectivity index (χ1) is 16.7. The van der Waals surface area contributed by atoms with Gasteiger partial charge in [0.1, 0.15) is 11.2 Å². The maximum absolute atomic E-state index is 15.7. The lowest BCUT2D eigenvalue weighted by molar-refractivity contribution is 0.102. The summed E-state index contributed by atoms with van der Waals surface area (Å²) in [6, 6.07) is 38.1. The molecule has 166 valence electrons. The van der Waals surface area contributed by atoms with Gasteiger partial charge in [0.2, 0.25) is 0 Å². The highest BCUT2D eigenvalue weighted by molar-refractivity contribution is 6.02. The number of carbonyl (C=O) groups excluding carboxylic acids is 1. The van der Waals surface area contributed by atoms with Crippen molar-refractivity contribution in [1.29, 1.82) is 0 Å². The molecule has 1 N–H and O–H groups in total. The van der Waals surface area contributed by atoms with E-state index in [1.807, 2.05) is 109 Å². The van der Waals surface area contributed by atoms with E-state index in [4.69, 9.17) is 0 Å². The van der Waals surface area contributed by atoms with Gasteiger partial charge >= 0.3 is 0 Å². The third kappa shape index (κ3) is 3.77. The molecule has 0 radical (unpaired) electrons. The van der Waals surface area contributed by atoms with Crippen molar-refractivity contribution in [2.24, 2.45) is 0 Å². The number of rotatable bonds is 6. The van der Waals surface area contributed by atoms with Gasteiger partial charge in [0.25, 0.3) is 12.0 Å². The molecule has 0 aliphatic carbocycles. The van der Waals surface area contributed by atoms with Gasteiger partial charge in [-0.15, -0.1) is 0 Å². The number of aromatic nitrogens is 2. The van der Waals surface area contributed by atoms with Crippen molar-refractivity contribution in [3.63, 3.8) is 0 Å². The van der Waals surface area contributed by atoms with Crippen LogP contribution in [0.1, 0.15) is 27.2 Å². The zero-order valence-corrected chi connectivity index (χ0v) is 18.3. The van der Waals surface area contributed by atoms with E-state index in [-0.39, 0.29) is 5.69 Å². The van der Waals surface area contributed by atoms with Gasteiger partial charge in [-0.2, -0.15) is 9.37 Å². The third-order valence-corrected chi connectivity index (χ3v) is 5.86. The lowest BCUT2D eigenvalue weighted by Gasteiger charge is -2.37. The van der Waals surface area contributed by atoms with Gasteiger partial charge in [0.15, 0.2) is 0 Å². The number of carbonyl (C=O) groups is 1. The van der Waals surface area contributed by atoms with Gasteiger partial charge in [0, 0.05) is 11.9 Å². The summed E-state index contributed by atoms with van der Waals surface area (Å²) in [5.41, 5.74) is 2.07. The molecule has 1 heterocycles. The van der Waals surface area contributed by atoms with Crippen LogP contribution in [0.25, 0.3) is 0 Å².